The first kappa shape index (κ1) is 14.3. The quantitative estimate of drug-likeness (QED) is 0.833. The van der Waals surface area contributed by atoms with Crippen molar-refractivity contribution >= 4 is 22.9 Å². The van der Waals surface area contributed by atoms with Crippen LogP contribution in [-0.2, 0) is 0 Å². The minimum absolute atomic E-state index is 0.202. The van der Waals surface area contributed by atoms with Gasteiger partial charge in [-0.3, -0.25) is 4.79 Å². The standard InChI is InChI=1S/C15H14N2O2S/c1-10-5-6-13(12(8-10)4-3-7-18)17-15(19)14-9-16-11(2)20-14/h5-6,8-9,18H,7H2,1-2H3,(H,17,19). The van der Waals surface area contributed by atoms with Crippen molar-refractivity contribution in [3.8, 4) is 11.8 Å². The van der Waals surface area contributed by atoms with E-state index < -0.39 is 0 Å². The fourth-order valence-electron chi connectivity index (χ4n) is 1.66. The van der Waals surface area contributed by atoms with Crippen molar-refractivity contribution in [3.05, 3.63) is 45.4 Å². The molecule has 1 aromatic carbocycles. The zero-order chi connectivity index (χ0) is 14.5. The average molecular weight is 286 g/mol. The summed E-state index contributed by atoms with van der Waals surface area (Å²) in [5.41, 5.74) is 2.36. The number of carbonyl (C=O) groups excluding carboxylic acids is 1. The lowest BCUT2D eigenvalue weighted by Crippen LogP contribution is -2.11. The second kappa shape index (κ2) is 6.33. The predicted molar refractivity (Wildman–Crippen MR) is 79.9 cm³/mol. The summed E-state index contributed by atoms with van der Waals surface area (Å²) < 4.78 is 0. The topological polar surface area (TPSA) is 62.2 Å². The molecule has 0 aliphatic heterocycles. The first-order valence-corrected chi connectivity index (χ1v) is 6.86. The average Bonchev–Trinajstić information content (AvgIpc) is 2.85. The molecule has 2 rings (SSSR count). The maximum atomic E-state index is 12.1. The minimum atomic E-state index is -0.213. The zero-order valence-electron chi connectivity index (χ0n) is 11.2. The molecule has 4 nitrogen and oxygen atoms in total. The van der Waals surface area contributed by atoms with E-state index in [9.17, 15) is 4.79 Å². The molecule has 5 heteroatoms. The summed E-state index contributed by atoms with van der Waals surface area (Å²) in [4.78, 5) is 16.7. The van der Waals surface area contributed by atoms with E-state index in [0.29, 0.717) is 16.1 Å². The van der Waals surface area contributed by atoms with Gasteiger partial charge in [0.05, 0.1) is 16.9 Å². The van der Waals surface area contributed by atoms with Crippen LogP contribution in [0.5, 0.6) is 0 Å². The Morgan fingerprint density at radius 2 is 2.25 bits per heavy atom. The number of rotatable bonds is 2. The molecule has 0 saturated carbocycles. The fourth-order valence-corrected chi connectivity index (χ4v) is 2.33. The SMILES string of the molecule is Cc1ccc(NC(=O)c2cnc(C)s2)c(C#CCO)c1. The highest BCUT2D eigenvalue weighted by atomic mass is 32.1. The number of nitrogens with zero attached hydrogens (tertiary/aromatic N) is 1. The van der Waals surface area contributed by atoms with Crippen LogP contribution in [-0.4, -0.2) is 22.6 Å². The summed E-state index contributed by atoms with van der Waals surface area (Å²) in [5.74, 6) is 5.23. The molecule has 0 radical (unpaired) electrons. The van der Waals surface area contributed by atoms with E-state index in [2.05, 4.69) is 22.1 Å². The summed E-state index contributed by atoms with van der Waals surface area (Å²) in [5, 5.41) is 12.5. The van der Waals surface area contributed by atoms with Gasteiger partial charge < -0.3 is 10.4 Å². The smallest absolute Gasteiger partial charge is 0.267 e. The third-order valence-electron chi connectivity index (χ3n) is 2.57. The van der Waals surface area contributed by atoms with E-state index in [0.717, 1.165) is 10.6 Å². The van der Waals surface area contributed by atoms with Gasteiger partial charge in [0.2, 0.25) is 0 Å². The molecule has 0 atom stereocenters. The van der Waals surface area contributed by atoms with Gasteiger partial charge in [-0.05, 0) is 31.5 Å². The van der Waals surface area contributed by atoms with Gasteiger partial charge in [0.1, 0.15) is 11.5 Å². The van der Waals surface area contributed by atoms with Gasteiger partial charge in [-0.2, -0.15) is 0 Å². The highest BCUT2D eigenvalue weighted by molar-refractivity contribution is 7.13. The van der Waals surface area contributed by atoms with Crippen LogP contribution in [0.1, 0.15) is 25.8 Å². The first-order chi connectivity index (χ1) is 9.60. The number of benzene rings is 1. The van der Waals surface area contributed by atoms with Crippen molar-refractivity contribution < 1.29 is 9.90 Å². The van der Waals surface area contributed by atoms with Crippen molar-refractivity contribution in [1.29, 1.82) is 0 Å². The fraction of sp³-hybridized carbons (Fsp3) is 0.200. The maximum absolute atomic E-state index is 12.1. The number of hydrogen-bond donors (Lipinski definition) is 2. The van der Waals surface area contributed by atoms with Crippen LogP contribution in [0.15, 0.2) is 24.4 Å². The van der Waals surface area contributed by atoms with Gasteiger partial charge in [0, 0.05) is 5.56 Å². The molecule has 0 aliphatic carbocycles. The molecule has 0 bridgehead atoms. The molecule has 0 fully saturated rings. The summed E-state index contributed by atoms with van der Waals surface area (Å²) in [7, 11) is 0. The highest BCUT2D eigenvalue weighted by Crippen LogP contribution is 2.19. The number of anilines is 1. The van der Waals surface area contributed by atoms with Crippen LogP contribution in [0.25, 0.3) is 0 Å². The second-order valence-corrected chi connectivity index (χ2v) is 5.44. The van der Waals surface area contributed by atoms with Gasteiger partial charge in [0.25, 0.3) is 5.91 Å². The lowest BCUT2D eigenvalue weighted by molar-refractivity contribution is 0.103. The van der Waals surface area contributed by atoms with Crippen LogP contribution in [0.4, 0.5) is 5.69 Å². The number of aliphatic hydroxyl groups is 1. The zero-order valence-corrected chi connectivity index (χ0v) is 12.0. The van der Waals surface area contributed by atoms with Crippen LogP contribution in [0, 0.1) is 25.7 Å². The van der Waals surface area contributed by atoms with Crippen LogP contribution in [0.2, 0.25) is 0 Å². The van der Waals surface area contributed by atoms with Gasteiger partial charge >= 0.3 is 0 Å². The summed E-state index contributed by atoms with van der Waals surface area (Å²) in [6.45, 7) is 3.59. The first-order valence-electron chi connectivity index (χ1n) is 6.04. The molecule has 2 aromatic rings. The number of aliphatic hydroxyl groups excluding tert-OH is 1. The Labute approximate surface area is 121 Å². The minimum Gasteiger partial charge on any atom is -0.384 e. The van der Waals surface area contributed by atoms with E-state index in [1.807, 2.05) is 32.0 Å². The number of aryl methyl sites for hydroxylation is 2. The Kier molecular flexibility index (Phi) is 4.51. The monoisotopic (exact) mass is 286 g/mol. The number of nitrogens with one attached hydrogen (secondary N) is 1. The Balaban J connectivity index is 2.26. The molecule has 0 unspecified atom stereocenters. The highest BCUT2D eigenvalue weighted by Gasteiger charge is 2.11. The van der Waals surface area contributed by atoms with E-state index >= 15 is 0 Å². The molecule has 1 aromatic heterocycles. The Hall–Kier alpha value is -2.16. The molecular formula is C15H14N2O2S. The molecule has 102 valence electrons. The van der Waals surface area contributed by atoms with Gasteiger partial charge in [-0.1, -0.05) is 17.9 Å². The lowest BCUT2D eigenvalue weighted by atomic mass is 10.1. The predicted octanol–water partition coefficient (Wildman–Crippen LogP) is 2.36. The van der Waals surface area contributed by atoms with Crippen molar-refractivity contribution in [2.45, 2.75) is 13.8 Å². The normalized spacial score (nSPS) is 9.75. The molecule has 2 N–H and O–H groups in total. The number of carbonyl (C=O) groups is 1. The van der Waals surface area contributed by atoms with Crippen molar-refractivity contribution in [2.24, 2.45) is 0 Å². The Morgan fingerprint density at radius 3 is 2.90 bits per heavy atom. The maximum Gasteiger partial charge on any atom is 0.267 e. The third kappa shape index (κ3) is 3.44. The molecule has 20 heavy (non-hydrogen) atoms. The number of hydrogen-bond acceptors (Lipinski definition) is 4. The van der Waals surface area contributed by atoms with Gasteiger partial charge in [0.15, 0.2) is 0 Å². The van der Waals surface area contributed by atoms with Gasteiger partial charge in [-0.15, -0.1) is 11.3 Å². The van der Waals surface area contributed by atoms with Crippen molar-refractivity contribution in [2.75, 3.05) is 11.9 Å². The van der Waals surface area contributed by atoms with Gasteiger partial charge in [-0.25, -0.2) is 4.98 Å². The van der Waals surface area contributed by atoms with Crippen LogP contribution < -0.4 is 5.32 Å². The molecule has 0 saturated heterocycles. The summed E-state index contributed by atoms with van der Waals surface area (Å²) >= 11 is 1.34. The van der Waals surface area contributed by atoms with Crippen molar-refractivity contribution in [3.63, 3.8) is 0 Å². The van der Waals surface area contributed by atoms with E-state index in [4.69, 9.17) is 5.11 Å². The van der Waals surface area contributed by atoms with Crippen molar-refractivity contribution in [1.82, 2.24) is 4.98 Å². The van der Waals surface area contributed by atoms with E-state index in [-0.39, 0.29) is 12.5 Å². The largest absolute Gasteiger partial charge is 0.384 e. The van der Waals surface area contributed by atoms with E-state index in [1.54, 1.807) is 6.20 Å². The van der Waals surface area contributed by atoms with Crippen LogP contribution >= 0.6 is 11.3 Å². The number of amides is 1. The van der Waals surface area contributed by atoms with E-state index in [1.165, 1.54) is 11.3 Å². The molecular weight excluding hydrogens is 272 g/mol. The molecule has 0 aliphatic rings. The molecule has 0 spiro atoms. The Morgan fingerprint density at radius 1 is 1.45 bits per heavy atom. The molecule has 1 amide bonds. The third-order valence-corrected chi connectivity index (χ3v) is 3.48. The molecule has 1 heterocycles. The summed E-state index contributed by atoms with van der Waals surface area (Å²) in [6, 6.07) is 5.58. The Bertz CT molecular complexity index is 695. The lowest BCUT2D eigenvalue weighted by Gasteiger charge is -2.07. The summed E-state index contributed by atoms with van der Waals surface area (Å²) in [6.07, 6.45) is 1.56. The number of aromatic nitrogens is 1. The second-order valence-electron chi connectivity index (χ2n) is 4.21. The number of thiazole rings is 1. The van der Waals surface area contributed by atoms with Crippen LogP contribution in [0.3, 0.4) is 0 Å².